The predicted molar refractivity (Wildman–Crippen MR) is 204 cm³/mol. The Labute approximate surface area is 308 Å². The van der Waals surface area contributed by atoms with Crippen LogP contribution in [0.15, 0.2) is 42.5 Å². The van der Waals surface area contributed by atoms with Crippen LogP contribution in [0.1, 0.15) is 63.1 Å². The summed E-state index contributed by atoms with van der Waals surface area (Å²) in [5.74, 6) is -0.544. The number of rotatable bonds is 17. The largest absolute Gasteiger partial charge is 0.494 e. The first kappa shape index (κ1) is 37.2. The Morgan fingerprint density at radius 1 is 0.981 bits per heavy atom. The van der Waals surface area contributed by atoms with E-state index in [4.69, 9.17) is 26.7 Å². The molecule has 0 radical (unpaired) electrons. The van der Waals surface area contributed by atoms with Gasteiger partial charge < -0.3 is 41.5 Å². The zero-order chi connectivity index (χ0) is 37.6. The first-order chi connectivity index (χ1) is 25.6. The van der Waals surface area contributed by atoms with Gasteiger partial charge in [-0.3, -0.25) is 29.3 Å². The van der Waals surface area contributed by atoms with E-state index >= 15 is 0 Å². The Kier molecular flexibility index (Phi) is 11.5. The number of carbonyl (C=O) groups excluding carboxylic acids is 3. The number of aryl methyl sites for hydroxylation is 2. The zero-order valence-electron chi connectivity index (χ0n) is 30.6. The van der Waals surface area contributed by atoms with E-state index in [1.165, 1.54) is 26.0 Å². The molecule has 2 fully saturated rings. The van der Waals surface area contributed by atoms with Gasteiger partial charge in [-0.1, -0.05) is 12.2 Å². The Hall–Kier alpha value is -5.61. The second kappa shape index (κ2) is 16.4. The van der Waals surface area contributed by atoms with E-state index in [0.717, 1.165) is 45.2 Å². The third-order valence-corrected chi connectivity index (χ3v) is 9.59. The van der Waals surface area contributed by atoms with Crippen LogP contribution in [-0.4, -0.2) is 106 Å². The highest BCUT2D eigenvalue weighted by Gasteiger charge is 2.31. The summed E-state index contributed by atoms with van der Waals surface area (Å²) in [5.41, 5.74) is 21.0. The van der Waals surface area contributed by atoms with E-state index < -0.39 is 11.8 Å². The lowest BCUT2D eigenvalue weighted by atomic mass is 10.1. The molecule has 4 aromatic rings. The van der Waals surface area contributed by atoms with Crippen LogP contribution < -0.4 is 37.3 Å². The second-order valence-electron chi connectivity index (χ2n) is 13.4. The number of carbonyl (C=O) groups is 3. The van der Waals surface area contributed by atoms with E-state index in [2.05, 4.69) is 30.5 Å². The number of nitrogens with one attached hydrogen (secondary N) is 2. The molecule has 0 spiro atoms. The number of nitrogens with two attached hydrogens (primary N) is 3. The third-order valence-electron chi connectivity index (χ3n) is 9.59. The van der Waals surface area contributed by atoms with E-state index in [9.17, 15) is 14.4 Å². The van der Waals surface area contributed by atoms with Gasteiger partial charge in [-0.05, 0) is 63.4 Å². The fraction of sp³-hybridized carbons (Fsp3) is 0.432. The number of benzene rings is 2. The number of imidazole rings is 1. The monoisotopic (exact) mass is 727 g/mol. The summed E-state index contributed by atoms with van der Waals surface area (Å²) >= 11 is 0. The maximum Gasteiger partial charge on any atom is 0.276 e. The fourth-order valence-electron chi connectivity index (χ4n) is 6.70. The van der Waals surface area contributed by atoms with Crippen molar-refractivity contribution < 1.29 is 23.9 Å². The number of ether oxygens (including phenoxy) is 2. The lowest BCUT2D eigenvalue weighted by Crippen LogP contribution is -2.47. The molecule has 1 saturated heterocycles. The van der Waals surface area contributed by atoms with Crippen LogP contribution in [0.25, 0.3) is 11.0 Å². The summed E-state index contributed by atoms with van der Waals surface area (Å²) in [6.45, 7) is 10.6. The van der Waals surface area contributed by atoms with Gasteiger partial charge in [-0.2, -0.15) is 5.10 Å². The highest BCUT2D eigenvalue weighted by molar-refractivity contribution is 6.04. The Bertz CT molecular complexity index is 2010. The number of hydrogen-bond acceptors (Lipinski definition) is 11. The number of primary amides is 2. The Balaban J connectivity index is 1.15. The first-order valence-corrected chi connectivity index (χ1v) is 18.0. The van der Waals surface area contributed by atoms with Gasteiger partial charge >= 0.3 is 0 Å². The van der Waals surface area contributed by atoms with Gasteiger partial charge in [-0.25, -0.2) is 4.98 Å². The zero-order valence-corrected chi connectivity index (χ0v) is 30.6. The van der Waals surface area contributed by atoms with Gasteiger partial charge in [-0.15, -0.1) is 0 Å². The summed E-state index contributed by atoms with van der Waals surface area (Å²) in [4.78, 5) is 47.2. The van der Waals surface area contributed by atoms with Crippen molar-refractivity contribution in [1.82, 2.24) is 29.1 Å². The highest BCUT2D eigenvalue weighted by atomic mass is 16.5. The van der Waals surface area contributed by atoms with Crippen LogP contribution in [0.3, 0.4) is 0 Å². The summed E-state index contributed by atoms with van der Waals surface area (Å²) in [6, 6.07) is 8.77. The standard InChI is InChI=1S/C37H49N11O5/c1-4-48-29(18-23(2)44-48)36(51)43-37-42-28-20-25(35(40)50)22-31(52-3)33(28)47(37)12-6-5-10-41-32-27(38)19-24(34(39)49)21-30(32)53-17-7-11-45-13-15-46(16-14-45)26-8-9-26/h5-6,18-22,26,41H,4,7-17,38H2,1-3H3,(H2,39,49)(H2,40,50)(H,42,43,51)/b6-5+. The van der Waals surface area contributed by atoms with E-state index in [1.54, 1.807) is 33.5 Å². The molecule has 2 aromatic carbocycles. The van der Waals surface area contributed by atoms with E-state index in [-0.39, 0.29) is 29.5 Å². The van der Waals surface area contributed by atoms with Crippen molar-refractivity contribution in [3.63, 3.8) is 0 Å². The summed E-state index contributed by atoms with van der Waals surface area (Å²) in [5, 5.41) is 10.6. The molecule has 1 aliphatic carbocycles. The maximum atomic E-state index is 13.4. The number of anilines is 3. The van der Waals surface area contributed by atoms with Crippen LogP contribution in [0.2, 0.25) is 0 Å². The third kappa shape index (κ3) is 8.72. The topological polar surface area (TPSA) is 214 Å². The molecule has 53 heavy (non-hydrogen) atoms. The summed E-state index contributed by atoms with van der Waals surface area (Å²) in [6.07, 6.45) is 7.27. The highest BCUT2D eigenvalue weighted by Crippen LogP contribution is 2.34. The summed E-state index contributed by atoms with van der Waals surface area (Å²) in [7, 11) is 1.49. The molecule has 1 saturated carbocycles. The predicted octanol–water partition coefficient (Wildman–Crippen LogP) is 2.82. The van der Waals surface area contributed by atoms with Crippen LogP contribution in [0, 0.1) is 6.92 Å². The molecule has 2 aliphatic rings. The van der Waals surface area contributed by atoms with E-state index in [1.807, 2.05) is 26.0 Å². The van der Waals surface area contributed by atoms with Gasteiger partial charge in [0.2, 0.25) is 17.8 Å². The van der Waals surface area contributed by atoms with Crippen molar-refractivity contribution in [3.05, 3.63) is 65.0 Å². The van der Waals surface area contributed by atoms with E-state index in [0.29, 0.717) is 65.0 Å². The average molecular weight is 728 g/mol. The van der Waals surface area contributed by atoms with Crippen LogP contribution >= 0.6 is 0 Å². The minimum atomic E-state index is -0.632. The smallest absolute Gasteiger partial charge is 0.276 e. The minimum absolute atomic E-state index is 0.223. The van der Waals surface area contributed by atoms with Crippen molar-refractivity contribution in [1.29, 1.82) is 0 Å². The van der Waals surface area contributed by atoms with Crippen LogP contribution in [0.4, 0.5) is 17.3 Å². The normalized spacial score (nSPS) is 15.2. The molecule has 6 rings (SSSR count). The fourth-order valence-corrected chi connectivity index (χ4v) is 6.70. The second-order valence-corrected chi connectivity index (χ2v) is 13.4. The molecule has 8 N–H and O–H groups in total. The van der Waals surface area contributed by atoms with Crippen molar-refractivity contribution >= 4 is 46.1 Å². The van der Waals surface area contributed by atoms with Gasteiger partial charge in [0.05, 0.1) is 30.6 Å². The molecule has 3 heterocycles. The molecule has 0 unspecified atom stereocenters. The van der Waals surface area contributed by atoms with Gasteiger partial charge in [0.25, 0.3) is 5.91 Å². The van der Waals surface area contributed by atoms with Crippen molar-refractivity contribution in [2.24, 2.45) is 11.5 Å². The number of hydrogen-bond donors (Lipinski definition) is 5. The average Bonchev–Trinajstić information content (AvgIpc) is 3.84. The van der Waals surface area contributed by atoms with Crippen LogP contribution in [0.5, 0.6) is 11.5 Å². The quantitative estimate of drug-likeness (QED) is 0.0606. The number of aromatic nitrogens is 4. The number of piperazine rings is 1. The Morgan fingerprint density at radius 2 is 1.70 bits per heavy atom. The molecule has 282 valence electrons. The first-order valence-electron chi connectivity index (χ1n) is 18.0. The molecule has 2 aromatic heterocycles. The molecular weight excluding hydrogens is 678 g/mol. The van der Waals surface area contributed by atoms with Crippen molar-refractivity contribution in [2.75, 3.05) is 69.4 Å². The molecule has 3 amide bonds. The lowest BCUT2D eigenvalue weighted by Gasteiger charge is -2.34. The number of nitrogen functional groups attached to an aromatic ring is 1. The SMILES string of the molecule is CCn1nc(C)cc1C(=O)Nc1nc2cc(C(N)=O)cc(OC)c2n1C/C=C/CNc1c(N)cc(C(N)=O)cc1OCCCN1CCN(C2CC2)CC1. The van der Waals surface area contributed by atoms with Crippen LogP contribution in [-0.2, 0) is 13.1 Å². The molecular formula is C37H49N11O5. The molecule has 0 bridgehead atoms. The molecule has 16 nitrogen and oxygen atoms in total. The Morgan fingerprint density at radius 3 is 2.38 bits per heavy atom. The van der Waals surface area contributed by atoms with Gasteiger partial charge in [0.1, 0.15) is 28.4 Å². The minimum Gasteiger partial charge on any atom is -0.494 e. The summed E-state index contributed by atoms with van der Waals surface area (Å²) < 4.78 is 15.2. The van der Waals surface area contributed by atoms with Crippen molar-refractivity contribution in [2.45, 2.75) is 52.2 Å². The number of nitrogens with zero attached hydrogens (tertiary/aromatic N) is 6. The lowest BCUT2D eigenvalue weighted by molar-refractivity contribution is 0.0991. The molecule has 0 atom stereocenters. The van der Waals surface area contributed by atoms with Gasteiger partial charge in [0.15, 0.2) is 0 Å². The van der Waals surface area contributed by atoms with Gasteiger partial charge in [0, 0.05) is 69.5 Å². The number of allylic oxidation sites excluding steroid dienone is 1. The molecule has 1 aliphatic heterocycles. The number of methoxy groups -OCH3 is 1. The maximum absolute atomic E-state index is 13.4. The van der Waals surface area contributed by atoms with Crippen molar-refractivity contribution in [3.8, 4) is 11.5 Å². The molecule has 16 heteroatoms. The number of amides is 3. The number of fused-ring (bicyclic) bond motifs is 1.